The monoisotopic (exact) mass is 336 g/mol. The van der Waals surface area contributed by atoms with Gasteiger partial charge in [-0.15, -0.1) is 5.10 Å². The molecule has 0 bridgehead atoms. The van der Waals surface area contributed by atoms with Crippen LogP contribution in [0.25, 0.3) is 11.0 Å². The van der Waals surface area contributed by atoms with Crippen molar-refractivity contribution in [3.63, 3.8) is 0 Å². The molecule has 1 amide bonds. The van der Waals surface area contributed by atoms with E-state index in [-0.39, 0.29) is 5.91 Å². The van der Waals surface area contributed by atoms with Gasteiger partial charge < -0.3 is 10.1 Å². The van der Waals surface area contributed by atoms with Crippen LogP contribution in [-0.2, 0) is 0 Å². The fraction of sp³-hybridized carbons (Fsp3) is 0.316. The number of carbonyl (C=O) groups is 1. The van der Waals surface area contributed by atoms with Crippen LogP contribution in [-0.4, -0.2) is 28.0 Å². The maximum Gasteiger partial charge on any atom is 0.255 e. The van der Waals surface area contributed by atoms with E-state index in [1.54, 1.807) is 19.2 Å². The van der Waals surface area contributed by atoms with Crippen molar-refractivity contribution in [2.75, 3.05) is 12.4 Å². The molecule has 1 aromatic heterocycles. The number of nitrogens with one attached hydrogen (secondary N) is 1. The minimum atomic E-state index is -0.175. The van der Waals surface area contributed by atoms with Crippen molar-refractivity contribution in [3.8, 4) is 5.75 Å². The minimum Gasteiger partial charge on any atom is -0.497 e. The number of amides is 1. The number of ether oxygens (including phenoxy) is 1. The summed E-state index contributed by atoms with van der Waals surface area (Å²) < 4.78 is 7.18. The van der Waals surface area contributed by atoms with Gasteiger partial charge in [-0.05, 0) is 43.2 Å². The molecule has 6 nitrogen and oxygen atoms in total. The number of methoxy groups -OCH3 is 1. The van der Waals surface area contributed by atoms with Crippen molar-refractivity contribution in [2.24, 2.45) is 0 Å². The summed E-state index contributed by atoms with van der Waals surface area (Å²) in [5.41, 5.74) is 3.00. The number of rotatable bonds is 4. The molecule has 1 aliphatic carbocycles. The zero-order chi connectivity index (χ0) is 17.2. The number of carbonyl (C=O) groups excluding carboxylic acids is 1. The first-order chi connectivity index (χ1) is 12.2. The number of hydrogen-bond acceptors (Lipinski definition) is 4. The molecular formula is C19H20N4O2. The lowest BCUT2D eigenvalue weighted by Gasteiger charge is -2.10. The zero-order valence-electron chi connectivity index (χ0n) is 14.1. The third-order valence-corrected chi connectivity index (χ3v) is 4.73. The summed E-state index contributed by atoms with van der Waals surface area (Å²) in [6.45, 7) is 0. The molecule has 1 saturated carbocycles. The number of benzene rings is 2. The van der Waals surface area contributed by atoms with Gasteiger partial charge in [0.2, 0.25) is 0 Å². The summed E-state index contributed by atoms with van der Waals surface area (Å²) >= 11 is 0. The van der Waals surface area contributed by atoms with Crippen molar-refractivity contribution < 1.29 is 9.53 Å². The number of nitrogens with zero attached hydrogens (tertiary/aromatic N) is 3. The smallest absolute Gasteiger partial charge is 0.255 e. The molecule has 2 aromatic carbocycles. The Labute approximate surface area is 145 Å². The van der Waals surface area contributed by atoms with E-state index in [0.717, 1.165) is 23.9 Å². The van der Waals surface area contributed by atoms with E-state index in [1.165, 1.54) is 12.8 Å². The van der Waals surface area contributed by atoms with Gasteiger partial charge in [-0.1, -0.05) is 24.1 Å². The molecule has 0 atom stereocenters. The van der Waals surface area contributed by atoms with E-state index in [2.05, 4.69) is 15.6 Å². The van der Waals surface area contributed by atoms with Gasteiger partial charge in [-0.25, -0.2) is 4.68 Å². The van der Waals surface area contributed by atoms with Gasteiger partial charge in [0.1, 0.15) is 11.3 Å². The standard InChI is InChI=1S/C19H20N4O2/c1-25-16-8-4-5-14(12-16)20-19(24)13-9-10-18-17(11-13)21-22-23(18)15-6-2-3-7-15/h4-5,8-12,15H,2-3,6-7H2,1H3,(H,20,24). The summed E-state index contributed by atoms with van der Waals surface area (Å²) in [6, 6.07) is 13.3. The Balaban J connectivity index is 1.57. The summed E-state index contributed by atoms with van der Waals surface area (Å²) in [5.74, 6) is 0.526. The summed E-state index contributed by atoms with van der Waals surface area (Å²) in [5, 5.41) is 11.4. The van der Waals surface area contributed by atoms with Crippen molar-refractivity contribution in [1.29, 1.82) is 0 Å². The molecule has 6 heteroatoms. The fourth-order valence-corrected chi connectivity index (χ4v) is 3.41. The second-order valence-electron chi connectivity index (χ2n) is 6.36. The van der Waals surface area contributed by atoms with Gasteiger partial charge in [0.25, 0.3) is 5.91 Å². The van der Waals surface area contributed by atoms with Gasteiger partial charge >= 0.3 is 0 Å². The molecule has 25 heavy (non-hydrogen) atoms. The van der Waals surface area contributed by atoms with E-state index in [0.29, 0.717) is 23.0 Å². The van der Waals surface area contributed by atoms with Crippen molar-refractivity contribution in [2.45, 2.75) is 31.7 Å². The molecule has 0 aliphatic heterocycles. The third kappa shape index (κ3) is 3.07. The fourth-order valence-electron chi connectivity index (χ4n) is 3.41. The molecule has 0 unspecified atom stereocenters. The molecule has 4 rings (SSSR count). The van der Waals surface area contributed by atoms with Gasteiger partial charge in [-0.2, -0.15) is 0 Å². The lowest BCUT2D eigenvalue weighted by molar-refractivity contribution is 0.102. The topological polar surface area (TPSA) is 69.0 Å². The highest BCUT2D eigenvalue weighted by Crippen LogP contribution is 2.31. The lowest BCUT2D eigenvalue weighted by Crippen LogP contribution is -2.12. The summed E-state index contributed by atoms with van der Waals surface area (Å²) in [4.78, 5) is 12.5. The molecule has 128 valence electrons. The van der Waals surface area contributed by atoms with Crippen LogP contribution < -0.4 is 10.1 Å². The summed E-state index contributed by atoms with van der Waals surface area (Å²) in [6.07, 6.45) is 4.78. The molecule has 1 fully saturated rings. The Morgan fingerprint density at radius 1 is 1.20 bits per heavy atom. The second-order valence-corrected chi connectivity index (χ2v) is 6.36. The average Bonchev–Trinajstić information content (AvgIpc) is 3.30. The second kappa shape index (κ2) is 6.55. The van der Waals surface area contributed by atoms with Crippen LogP contribution in [0.15, 0.2) is 42.5 Å². The maximum absolute atomic E-state index is 12.5. The Hall–Kier alpha value is -2.89. The van der Waals surface area contributed by atoms with E-state index in [1.807, 2.05) is 35.0 Å². The summed E-state index contributed by atoms with van der Waals surface area (Å²) in [7, 11) is 1.60. The molecule has 0 saturated heterocycles. The molecule has 3 aromatic rings. The third-order valence-electron chi connectivity index (χ3n) is 4.73. The predicted octanol–water partition coefficient (Wildman–Crippen LogP) is 3.81. The Bertz CT molecular complexity index is 913. The largest absolute Gasteiger partial charge is 0.497 e. The van der Waals surface area contributed by atoms with E-state index < -0.39 is 0 Å². The lowest BCUT2D eigenvalue weighted by atomic mass is 10.1. The maximum atomic E-state index is 12.5. The van der Waals surface area contributed by atoms with Crippen molar-refractivity contribution in [1.82, 2.24) is 15.0 Å². The van der Waals surface area contributed by atoms with E-state index in [9.17, 15) is 4.79 Å². The normalized spacial score (nSPS) is 14.8. The molecular weight excluding hydrogens is 316 g/mol. The number of hydrogen-bond donors (Lipinski definition) is 1. The first-order valence-corrected chi connectivity index (χ1v) is 8.55. The number of aromatic nitrogens is 3. The Morgan fingerprint density at radius 3 is 2.84 bits per heavy atom. The van der Waals surface area contributed by atoms with Gasteiger partial charge in [-0.3, -0.25) is 4.79 Å². The average molecular weight is 336 g/mol. The number of anilines is 1. The van der Waals surface area contributed by atoms with Crippen LogP contribution in [0.1, 0.15) is 42.1 Å². The highest BCUT2D eigenvalue weighted by atomic mass is 16.5. The van der Waals surface area contributed by atoms with Crippen LogP contribution in [0.5, 0.6) is 5.75 Å². The van der Waals surface area contributed by atoms with Gasteiger partial charge in [0.15, 0.2) is 0 Å². The first kappa shape index (κ1) is 15.6. The zero-order valence-corrected chi connectivity index (χ0v) is 14.1. The molecule has 0 spiro atoms. The van der Waals surface area contributed by atoms with Crippen LogP contribution in [0.3, 0.4) is 0 Å². The minimum absolute atomic E-state index is 0.175. The molecule has 1 N–H and O–H groups in total. The highest BCUT2D eigenvalue weighted by molar-refractivity contribution is 6.05. The molecule has 0 radical (unpaired) electrons. The highest BCUT2D eigenvalue weighted by Gasteiger charge is 2.20. The number of fused-ring (bicyclic) bond motifs is 1. The van der Waals surface area contributed by atoms with Crippen LogP contribution in [0.4, 0.5) is 5.69 Å². The van der Waals surface area contributed by atoms with Crippen LogP contribution >= 0.6 is 0 Å². The van der Waals surface area contributed by atoms with Gasteiger partial charge in [0.05, 0.1) is 18.7 Å². The van der Waals surface area contributed by atoms with Crippen LogP contribution in [0, 0.1) is 0 Å². The quantitative estimate of drug-likeness (QED) is 0.786. The van der Waals surface area contributed by atoms with E-state index >= 15 is 0 Å². The van der Waals surface area contributed by atoms with Crippen molar-refractivity contribution in [3.05, 3.63) is 48.0 Å². The predicted molar refractivity (Wildman–Crippen MR) is 96.0 cm³/mol. The van der Waals surface area contributed by atoms with Gasteiger partial charge in [0, 0.05) is 17.3 Å². The SMILES string of the molecule is COc1cccc(NC(=O)c2ccc3c(c2)nnn3C2CCCC2)c1. The Morgan fingerprint density at radius 2 is 2.04 bits per heavy atom. The van der Waals surface area contributed by atoms with Crippen molar-refractivity contribution >= 4 is 22.6 Å². The Kier molecular flexibility index (Phi) is 4.09. The molecule has 1 heterocycles. The molecule has 1 aliphatic rings. The van der Waals surface area contributed by atoms with E-state index in [4.69, 9.17) is 4.74 Å². The van der Waals surface area contributed by atoms with Crippen LogP contribution in [0.2, 0.25) is 0 Å². The first-order valence-electron chi connectivity index (χ1n) is 8.55.